The fourth-order valence-corrected chi connectivity index (χ4v) is 2.82. The lowest BCUT2D eigenvalue weighted by Gasteiger charge is -2.02. The minimum absolute atomic E-state index is 0.0471. The predicted octanol–water partition coefficient (Wildman–Crippen LogP) is 4.40. The third kappa shape index (κ3) is 3.49. The minimum atomic E-state index is -1.16. The maximum Gasteiger partial charge on any atom is 0.342 e. The molecule has 0 aliphatic heterocycles. The molecule has 1 aromatic heterocycles. The van der Waals surface area contributed by atoms with Crippen LogP contribution < -0.4 is 0 Å². The SMILES string of the molecule is O=C(O)/C(=C/c1cc(Cl)ccc1O)Sc1nc2ccccc2o1. The van der Waals surface area contributed by atoms with Gasteiger partial charge < -0.3 is 14.6 Å². The standard InChI is InChI=1S/C16H10ClNO4S/c17-10-5-6-12(19)9(7-10)8-14(15(20)21)23-16-18-11-3-1-2-4-13(11)22-16/h1-8,19H,(H,20,21)/b14-8-. The van der Waals surface area contributed by atoms with Crippen LogP contribution in [0.1, 0.15) is 5.56 Å². The van der Waals surface area contributed by atoms with Gasteiger partial charge in [-0.1, -0.05) is 23.7 Å². The number of hydrogen-bond acceptors (Lipinski definition) is 5. The number of halogens is 1. The highest BCUT2D eigenvalue weighted by molar-refractivity contribution is 8.03. The van der Waals surface area contributed by atoms with Crippen LogP contribution in [0.3, 0.4) is 0 Å². The second kappa shape index (κ2) is 6.36. The van der Waals surface area contributed by atoms with Crippen molar-refractivity contribution in [1.29, 1.82) is 0 Å². The van der Waals surface area contributed by atoms with Crippen molar-refractivity contribution in [2.45, 2.75) is 5.22 Å². The van der Waals surface area contributed by atoms with Crippen LogP contribution in [-0.4, -0.2) is 21.2 Å². The van der Waals surface area contributed by atoms with Gasteiger partial charge in [0, 0.05) is 10.6 Å². The van der Waals surface area contributed by atoms with E-state index >= 15 is 0 Å². The van der Waals surface area contributed by atoms with Gasteiger partial charge in [-0.2, -0.15) is 0 Å². The van der Waals surface area contributed by atoms with Gasteiger partial charge in [0.1, 0.15) is 16.2 Å². The molecule has 5 nitrogen and oxygen atoms in total. The average molecular weight is 348 g/mol. The molecule has 0 amide bonds. The van der Waals surface area contributed by atoms with Crippen LogP contribution in [0.2, 0.25) is 5.02 Å². The first-order chi connectivity index (χ1) is 11.0. The van der Waals surface area contributed by atoms with Crippen LogP contribution in [0.15, 0.2) is 57.0 Å². The molecular weight excluding hydrogens is 338 g/mol. The number of thioether (sulfide) groups is 1. The van der Waals surface area contributed by atoms with E-state index in [0.29, 0.717) is 21.7 Å². The Balaban J connectivity index is 1.97. The molecule has 0 atom stereocenters. The molecule has 0 aliphatic rings. The van der Waals surface area contributed by atoms with Crippen molar-refractivity contribution >= 4 is 46.5 Å². The van der Waals surface area contributed by atoms with Gasteiger partial charge in [-0.05, 0) is 48.2 Å². The van der Waals surface area contributed by atoms with Crippen molar-refractivity contribution in [3.63, 3.8) is 0 Å². The highest BCUT2D eigenvalue weighted by atomic mass is 35.5. The van der Waals surface area contributed by atoms with Crippen LogP contribution in [0.4, 0.5) is 0 Å². The highest BCUT2D eigenvalue weighted by Gasteiger charge is 2.15. The van der Waals surface area contributed by atoms with Crippen LogP contribution in [-0.2, 0) is 4.79 Å². The zero-order valence-electron chi connectivity index (χ0n) is 11.6. The molecule has 23 heavy (non-hydrogen) atoms. The van der Waals surface area contributed by atoms with E-state index in [0.717, 1.165) is 11.8 Å². The van der Waals surface area contributed by atoms with E-state index < -0.39 is 5.97 Å². The Morgan fingerprint density at radius 1 is 1.26 bits per heavy atom. The topological polar surface area (TPSA) is 83.6 Å². The summed E-state index contributed by atoms with van der Waals surface area (Å²) in [4.78, 5) is 15.6. The highest BCUT2D eigenvalue weighted by Crippen LogP contribution is 2.32. The number of aliphatic carboxylic acids is 1. The van der Waals surface area contributed by atoms with Gasteiger partial charge in [0.05, 0.1) is 0 Å². The fourth-order valence-electron chi connectivity index (χ4n) is 1.91. The van der Waals surface area contributed by atoms with Gasteiger partial charge in [0.15, 0.2) is 5.58 Å². The number of benzene rings is 2. The largest absolute Gasteiger partial charge is 0.507 e. The van der Waals surface area contributed by atoms with Gasteiger partial charge in [-0.25, -0.2) is 9.78 Å². The number of carboxylic acid groups (broad SMARTS) is 1. The molecule has 0 aliphatic carbocycles. The Kier molecular flexibility index (Phi) is 4.27. The number of aromatic hydroxyl groups is 1. The van der Waals surface area contributed by atoms with Gasteiger partial charge in [-0.3, -0.25) is 0 Å². The number of rotatable bonds is 4. The summed E-state index contributed by atoms with van der Waals surface area (Å²) in [5.41, 5.74) is 1.52. The normalized spacial score (nSPS) is 11.8. The summed E-state index contributed by atoms with van der Waals surface area (Å²) < 4.78 is 5.50. The lowest BCUT2D eigenvalue weighted by molar-refractivity contribution is -0.131. The van der Waals surface area contributed by atoms with E-state index in [1.54, 1.807) is 18.2 Å². The zero-order valence-corrected chi connectivity index (χ0v) is 13.1. The molecule has 0 radical (unpaired) electrons. The van der Waals surface area contributed by atoms with Crippen molar-refractivity contribution in [2.24, 2.45) is 0 Å². The number of hydrogen-bond donors (Lipinski definition) is 2. The Hall–Kier alpha value is -2.44. The molecule has 0 unspecified atom stereocenters. The predicted molar refractivity (Wildman–Crippen MR) is 88.6 cm³/mol. The number of carboxylic acids is 1. The first-order valence-electron chi connectivity index (χ1n) is 6.50. The molecule has 116 valence electrons. The molecule has 2 aromatic carbocycles. The molecule has 0 bridgehead atoms. The number of oxazole rings is 1. The lowest BCUT2D eigenvalue weighted by atomic mass is 10.2. The van der Waals surface area contributed by atoms with E-state index in [1.165, 1.54) is 24.3 Å². The number of carbonyl (C=O) groups is 1. The Morgan fingerprint density at radius 2 is 2.04 bits per heavy atom. The smallest absolute Gasteiger partial charge is 0.342 e. The molecule has 1 heterocycles. The van der Waals surface area contributed by atoms with Gasteiger partial charge >= 0.3 is 5.97 Å². The summed E-state index contributed by atoms with van der Waals surface area (Å²) in [6.45, 7) is 0. The maximum absolute atomic E-state index is 11.4. The number of phenolic OH excluding ortho intramolecular Hbond substituents is 1. The molecule has 3 aromatic rings. The van der Waals surface area contributed by atoms with Crippen LogP contribution in [0.25, 0.3) is 17.2 Å². The van der Waals surface area contributed by atoms with E-state index in [1.807, 2.05) is 6.07 Å². The van der Waals surface area contributed by atoms with Crippen molar-refractivity contribution in [1.82, 2.24) is 4.98 Å². The first-order valence-corrected chi connectivity index (χ1v) is 7.69. The molecule has 3 rings (SSSR count). The van der Waals surface area contributed by atoms with E-state index in [2.05, 4.69) is 4.98 Å². The second-order valence-electron chi connectivity index (χ2n) is 4.57. The van der Waals surface area contributed by atoms with Crippen molar-refractivity contribution in [2.75, 3.05) is 0 Å². The number of fused-ring (bicyclic) bond motifs is 1. The summed E-state index contributed by atoms with van der Waals surface area (Å²) in [5, 5.41) is 19.8. The quantitative estimate of drug-likeness (QED) is 0.537. The van der Waals surface area contributed by atoms with Crippen LogP contribution >= 0.6 is 23.4 Å². The second-order valence-corrected chi connectivity index (χ2v) is 6.00. The monoisotopic (exact) mass is 347 g/mol. The number of phenols is 1. The first kappa shape index (κ1) is 15.5. The van der Waals surface area contributed by atoms with E-state index in [4.69, 9.17) is 16.0 Å². The molecule has 0 saturated carbocycles. The van der Waals surface area contributed by atoms with Crippen molar-refractivity contribution < 1.29 is 19.4 Å². The summed E-state index contributed by atoms with van der Waals surface area (Å²) >= 11 is 6.73. The number of aromatic nitrogens is 1. The summed E-state index contributed by atoms with van der Waals surface area (Å²) in [6.07, 6.45) is 1.32. The van der Waals surface area contributed by atoms with Crippen molar-refractivity contribution in [3.05, 3.63) is 58.0 Å². The third-order valence-corrected chi connectivity index (χ3v) is 4.06. The molecule has 0 fully saturated rings. The molecule has 0 spiro atoms. The van der Waals surface area contributed by atoms with E-state index in [9.17, 15) is 15.0 Å². The number of nitrogens with zero attached hydrogens (tertiary/aromatic N) is 1. The average Bonchev–Trinajstić information content (AvgIpc) is 2.92. The lowest BCUT2D eigenvalue weighted by Crippen LogP contribution is -1.96. The Morgan fingerprint density at radius 3 is 2.78 bits per heavy atom. The third-order valence-electron chi connectivity index (χ3n) is 2.96. The van der Waals surface area contributed by atoms with Gasteiger partial charge in [-0.15, -0.1) is 0 Å². The van der Waals surface area contributed by atoms with Gasteiger partial charge in [0.2, 0.25) is 0 Å². The van der Waals surface area contributed by atoms with Crippen LogP contribution in [0.5, 0.6) is 5.75 Å². The fraction of sp³-hybridized carbons (Fsp3) is 0. The summed E-state index contributed by atoms with van der Waals surface area (Å²) in [7, 11) is 0. The molecule has 0 saturated heterocycles. The summed E-state index contributed by atoms with van der Waals surface area (Å²) in [6, 6.07) is 11.5. The van der Waals surface area contributed by atoms with Crippen molar-refractivity contribution in [3.8, 4) is 5.75 Å². The number of para-hydroxylation sites is 2. The molecule has 7 heteroatoms. The van der Waals surface area contributed by atoms with Gasteiger partial charge in [0.25, 0.3) is 5.22 Å². The Bertz CT molecular complexity index is 886. The van der Waals surface area contributed by atoms with Crippen LogP contribution in [0, 0.1) is 0 Å². The maximum atomic E-state index is 11.4. The zero-order chi connectivity index (χ0) is 16.4. The van der Waals surface area contributed by atoms with E-state index in [-0.39, 0.29) is 15.9 Å². The minimum Gasteiger partial charge on any atom is -0.507 e. The molecule has 2 N–H and O–H groups in total. The summed E-state index contributed by atoms with van der Waals surface area (Å²) in [5.74, 6) is -1.22. The Labute approximate surface area is 140 Å². The molecular formula is C16H10ClNO4S.